The van der Waals surface area contributed by atoms with E-state index in [9.17, 15) is 22.4 Å². The van der Waals surface area contributed by atoms with E-state index in [-0.39, 0.29) is 30.6 Å². The standard InChI is InChI=1S/C26H24F4N4O2/c1-31-18-3-2-4-19(9-18)34(21(35)23-12-24(27,13-23)14-23)15-22-5-7-25(8-6-22,36-16-22)17-10-32-20(33-11-17)26(28,29)30/h2-4,9-11H,5-8,12-16H2. The first kappa shape index (κ1) is 23.3. The minimum Gasteiger partial charge on any atom is -0.370 e. The summed E-state index contributed by atoms with van der Waals surface area (Å²) in [4.78, 5) is 25.9. The number of fused-ring (bicyclic) bond motifs is 3. The number of halogens is 4. The highest BCUT2D eigenvalue weighted by Crippen LogP contribution is 2.70. The van der Waals surface area contributed by atoms with Gasteiger partial charge in [-0.2, -0.15) is 13.2 Å². The summed E-state index contributed by atoms with van der Waals surface area (Å²) in [5.41, 5.74) is -1.37. The second-order valence-corrected chi connectivity index (χ2v) is 11.1. The fraction of sp³-hybridized carbons (Fsp3) is 0.538. The van der Waals surface area contributed by atoms with E-state index < -0.39 is 28.7 Å². The summed E-state index contributed by atoms with van der Waals surface area (Å²) in [7, 11) is 0. The number of carbonyl (C=O) groups is 1. The Bertz CT molecular complexity index is 1230. The van der Waals surface area contributed by atoms with Gasteiger partial charge in [-0.25, -0.2) is 19.2 Å². The fourth-order valence-electron chi connectivity index (χ4n) is 6.57. The third kappa shape index (κ3) is 3.51. The van der Waals surface area contributed by atoms with Crippen LogP contribution in [-0.2, 0) is 21.3 Å². The number of carbonyl (C=O) groups excluding carboxylic acids is 1. The lowest BCUT2D eigenvalue weighted by Gasteiger charge is -2.65. The van der Waals surface area contributed by atoms with E-state index in [2.05, 4.69) is 14.8 Å². The average molecular weight is 500 g/mol. The van der Waals surface area contributed by atoms with Crippen LogP contribution < -0.4 is 4.90 Å². The number of nitrogens with zero attached hydrogens (tertiary/aromatic N) is 4. The zero-order valence-corrected chi connectivity index (χ0v) is 19.4. The van der Waals surface area contributed by atoms with Crippen molar-refractivity contribution in [1.82, 2.24) is 9.97 Å². The van der Waals surface area contributed by atoms with Gasteiger partial charge in [-0.15, -0.1) is 0 Å². The molecule has 2 aliphatic heterocycles. The number of amides is 1. The highest BCUT2D eigenvalue weighted by Gasteiger charge is 2.73. The molecule has 1 aromatic heterocycles. The van der Waals surface area contributed by atoms with Gasteiger partial charge in [0.1, 0.15) is 5.67 Å². The van der Waals surface area contributed by atoms with Gasteiger partial charge in [0.2, 0.25) is 11.7 Å². The van der Waals surface area contributed by atoms with Crippen LogP contribution in [0.5, 0.6) is 0 Å². The Morgan fingerprint density at radius 1 is 1.11 bits per heavy atom. The SMILES string of the molecule is [C-]#[N+]c1cccc(N(CC23CCC(c4cnc(C(F)(F)F)nc4)(CC2)OC3)C(=O)C23CC(F)(C2)C3)c1. The number of ether oxygens (including phenoxy) is 1. The summed E-state index contributed by atoms with van der Waals surface area (Å²) in [5, 5.41) is 0. The van der Waals surface area contributed by atoms with Crippen molar-refractivity contribution >= 4 is 17.3 Å². The van der Waals surface area contributed by atoms with Crippen LogP contribution in [0.1, 0.15) is 56.3 Å². The molecule has 0 atom stereocenters. The molecule has 4 bridgehead atoms. The van der Waals surface area contributed by atoms with Gasteiger partial charge in [0.25, 0.3) is 0 Å². The molecule has 10 heteroatoms. The third-order valence-electron chi connectivity index (χ3n) is 8.63. The van der Waals surface area contributed by atoms with Gasteiger partial charge in [-0.1, -0.05) is 12.1 Å². The largest absolute Gasteiger partial charge is 0.451 e. The van der Waals surface area contributed by atoms with Gasteiger partial charge >= 0.3 is 6.18 Å². The fourth-order valence-corrected chi connectivity index (χ4v) is 6.57. The van der Waals surface area contributed by atoms with Crippen LogP contribution in [0.15, 0.2) is 36.7 Å². The van der Waals surface area contributed by atoms with Crippen LogP contribution in [0.3, 0.4) is 0 Å². The van der Waals surface area contributed by atoms with Crippen LogP contribution in [-0.4, -0.2) is 34.7 Å². The summed E-state index contributed by atoms with van der Waals surface area (Å²) >= 11 is 0. The molecule has 1 aromatic carbocycles. The maximum absolute atomic E-state index is 14.3. The molecule has 4 saturated carbocycles. The molecule has 2 aromatic rings. The molecule has 0 spiro atoms. The second-order valence-electron chi connectivity index (χ2n) is 11.1. The lowest BCUT2D eigenvalue weighted by Crippen LogP contribution is -2.71. The van der Waals surface area contributed by atoms with Gasteiger partial charge in [0, 0.05) is 35.6 Å². The zero-order chi connectivity index (χ0) is 25.4. The summed E-state index contributed by atoms with van der Waals surface area (Å²) in [5.74, 6) is -1.28. The van der Waals surface area contributed by atoms with Crippen LogP contribution >= 0.6 is 0 Å². The van der Waals surface area contributed by atoms with Crippen LogP contribution in [0, 0.1) is 17.4 Å². The van der Waals surface area contributed by atoms with Crippen molar-refractivity contribution < 1.29 is 27.1 Å². The number of hydrogen-bond donors (Lipinski definition) is 0. The molecule has 3 heterocycles. The molecule has 0 unspecified atom stereocenters. The van der Waals surface area contributed by atoms with E-state index in [4.69, 9.17) is 11.3 Å². The van der Waals surface area contributed by atoms with E-state index in [1.807, 2.05) is 0 Å². The van der Waals surface area contributed by atoms with Crippen molar-refractivity contribution in [3.63, 3.8) is 0 Å². The minimum atomic E-state index is -4.60. The summed E-state index contributed by atoms with van der Waals surface area (Å²) in [6.45, 7) is 8.07. The van der Waals surface area contributed by atoms with Crippen LogP contribution in [0.4, 0.5) is 28.9 Å². The minimum absolute atomic E-state index is 0.0999. The molecule has 1 amide bonds. The van der Waals surface area contributed by atoms with Gasteiger partial charge < -0.3 is 9.64 Å². The predicted octanol–water partition coefficient (Wildman–Crippen LogP) is 5.76. The molecule has 4 aliphatic carbocycles. The Morgan fingerprint density at radius 3 is 2.31 bits per heavy atom. The van der Waals surface area contributed by atoms with Gasteiger partial charge in [-0.05, 0) is 57.1 Å². The van der Waals surface area contributed by atoms with Crippen molar-refractivity contribution in [2.24, 2.45) is 10.8 Å². The van der Waals surface area contributed by atoms with Crippen molar-refractivity contribution in [1.29, 1.82) is 0 Å². The molecule has 6 aliphatic rings. The molecule has 6 nitrogen and oxygen atoms in total. The van der Waals surface area contributed by atoms with Gasteiger partial charge in [0.15, 0.2) is 5.69 Å². The van der Waals surface area contributed by atoms with E-state index in [0.717, 1.165) is 0 Å². The summed E-state index contributed by atoms with van der Waals surface area (Å²) in [6.07, 6.45) is 1.11. The molecule has 36 heavy (non-hydrogen) atoms. The molecule has 0 radical (unpaired) electrons. The van der Waals surface area contributed by atoms with Gasteiger partial charge in [0.05, 0.1) is 24.2 Å². The van der Waals surface area contributed by atoms with E-state index in [1.165, 1.54) is 12.4 Å². The summed E-state index contributed by atoms with van der Waals surface area (Å²) < 4.78 is 59.2. The van der Waals surface area contributed by atoms with Crippen molar-refractivity contribution in [3.05, 3.63) is 59.5 Å². The average Bonchev–Trinajstić information content (AvgIpc) is 2.85. The molecule has 8 rings (SSSR count). The van der Waals surface area contributed by atoms with E-state index in [0.29, 0.717) is 55.8 Å². The molecule has 188 valence electrons. The van der Waals surface area contributed by atoms with Crippen molar-refractivity contribution in [3.8, 4) is 0 Å². The molecular weight excluding hydrogens is 476 g/mol. The first-order valence-corrected chi connectivity index (χ1v) is 12.0. The number of rotatable bonds is 5. The van der Waals surface area contributed by atoms with Crippen molar-refractivity contribution in [2.75, 3.05) is 18.1 Å². The van der Waals surface area contributed by atoms with Crippen LogP contribution in [0.2, 0.25) is 0 Å². The predicted molar refractivity (Wildman–Crippen MR) is 121 cm³/mol. The highest BCUT2D eigenvalue weighted by atomic mass is 19.4. The molecule has 0 N–H and O–H groups in total. The summed E-state index contributed by atoms with van der Waals surface area (Å²) in [6, 6.07) is 6.91. The normalized spacial score (nSPS) is 34.3. The molecular formula is C26H24F4N4O2. The lowest BCUT2D eigenvalue weighted by molar-refractivity contribution is -0.213. The second kappa shape index (κ2) is 7.48. The lowest BCUT2D eigenvalue weighted by atomic mass is 9.41. The number of hydrogen-bond acceptors (Lipinski definition) is 4. The first-order valence-electron chi connectivity index (χ1n) is 12.0. The Hall–Kier alpha value is -3.06. The van der Waals surface area contributed by atoms with Crippen molar-refractivity contribution in [2.45, 2.75) is 62.4 Å². The Morgan fingerprint density at radius 2 is 1.78 bits per heavy atom. The number of aromatic nitrogens is 2. The number of benzene rings is 1. The Kier molecular flexibility index (Phi) is 4.85. The molecule has 2 saturated heterocycles. The van der Waals surface area contributed by atoms with E-state index in [1.54, 1.807) is 29.2 Å². The Labute approximate surface area is 205 Å². The first-order chi connectivity index (χ1) is 17.0. The quantitative estimate of drug-likeness (QED) is 0.387. The Balaban J connectivity index is 1.23. The smallest absolute Gasteiger partial charge is 0.370 e. The highest BCUT2D eigenvalue weighted by molar-refractivity contribution is 6.00. The third-order valence-corrected chi connectivity index (χ3v) is 8.63. The van der Waals surface area contributed by atoms with Crippen LogP contribution in [0.25, 0.3) is 4.85 Å². The monoisotopic (exact) mass is 500 g/mol. The van der Waals surface area contributed by atoms with E-state index >= 15 is 0 Å². The zero-order valence-electron chi connectivity index (χ0n) is 19.4. The number of alkyl halides is 4. The molecule has 6 fully saturated rings. The maximum Gasteiger partial charge on any atom is 0.451 e. The topological polar surface area (TPSA) is 59.7 Å². The number of anilines is 1. The maximum atomic E-state index is 14.3. The van der Waals surface area contributed by atoms with Gasteiger partial charge in [-0.3, -0.25) is 4.79 Å².